The van der Waals surface area contributed by atoms with Gasteiger partial charge in [-0.2, -0.15) is 0 Å². The van der Waals surface area contributed by atoms with Crippen LogP contribution in [0.5, 0.6) is 0 Å². The highest BCUT2D eigenvalue weighted by Crippen LogP contribution is 2.37. The quantitative estimate of drug-likeness (QED) is 0.879. The molecule has 4 rings (SSSR count). The lowest BCUT2D eigenvalue weighted by Gasteiger charge is -2.17. The summed E-state index contributed by atoms with van der Waals surface area (Å²) in [7, 11) is 0. The Morgan fingerprint density at radius 3 is 2.89 bits per heavy atom. The lowest BCUT2D eigenvalue weighted by atomic mass is 10.2. The predicted octanol–water partition coefficient (Wildman–Crippen LogP) is 2.33. The molecule has 1 atom stereocenters. The first kappa shape index (κ1) is 17.6. The highest BCUT2D eigenvalue weighted by molar-refractivity contribution is 5.95. The Bertz CT molecular complexity index is 897. The molecule has 1 N–H and O–H groups in total. The Labute approximate surface area is 156 Å². The molecule has 1 aliphatic heterocycles. The minimum absolute atomic E-state index is 0.0541. The number of carbonyl (C=O) groups is 2. The molecule has 1 saturated heterocycles. The zero-order chi connectivity index (χ0) is 19.0. The molecule has 140 valence electrons. The van der Waals surface area contributed by atoms with Crippen molar-refractivity contribution in [1.29, 1.82) is 0 Å². The van der Waals surface area contributed by atoms with Crippen molar-refractivity contribution in [3.8, 4) is 0 Å². The first-order valence-corrected chi connectivity index (χ1v) is 9.16. The number of hydrogen-bond donors (Lipinski definition) is 1. The van der Waals surface area contributed by atoms with Gasteiger partial charge in [0.05, 0.1) is 17.3 Å². The topological polar surface area (TPSA) is 75.2 Å². The van der Waals surface area contributed by atoms with Gasteiger partial charge in [0.2, 0.25) is 5.91 Å². The van der Waals surface area contributed by atoms with Gasteiger partial charge >= 0.3 is 0 Å². The molecule has 1 saturated carbocycles. The molecular formula is C20H21FN4O2. The first-order chi connectivity index (χ1) is 13.0. The van der Waals surface area contributed by atoms with Crippen LogP contribution in [-0.4, -0.2) is 39.3 Å². The molecule has 2 fully saturated rings. The number of aryl methyl sites for hydroxylation is 1. The number of likely N-dealkylation sites (tertiary alicyclic amines) is 1. The lowest BCUT2D eigenvalue weighted by molar-refractivity contribution is -0.128. The van der Waals surface area contributed by atoms with Crippen molar-refractivity contribution in [2.45, 2.75) is 44.7 Å². The van der Waals surface area contributed by atoms with Crippen LogP contribution in [0.1, 0.15) is 52.6 Å². The van der Waals surface area contributed by atoms with Crippen molar-refractivity contribution >= 4 is 11.8 Å². The number of benzene rings is 1. The van der Waals surface area contributed by atoms with Crippen LogP contribution in [0.25, 0.3) is 0 Å². The van der Waals surface area contributed by atoms with E-state index in [-0.39, 0.29) is 30.1 Å². The van der Waals surface area contributed by atoms with Crippen molar-refractivity contribution in [1.82, 2.24) is 20.2 Å². The molecule has 2 aliphatic rings. The summed E-state index contributed by atoms with van der Waals surface area (Å²) in [6.45, 7) is 2.54. The van der Waals surface area contributed by atoms with Crippen molar-refractivity contribution < 1.29 is 14.0 Å². The third-order valence-electron chi connectivity index (χ3n) is 5.00. The molecule has 0 radical (unpaired) electrons. The Balaban J connectivity index is 1.38. The molecule has 1 aromatic heterocycles. The van der Waals surface area contributed by atoms with Gasteiger partial charge in [0, 0.05) is 31.6 Å². The Morgan fingerprint density at radius 2 is 2.19 bits per heavy atom. The normalized spacial score (nSPS) is 19.4. The fourth-order valence-corrected chi connectivity index (χ4v) is 3.39. The lowest BCUT2D eigenvalue weighted by Crippen LogP contribution is -2.37. The first-order valence-electron chi connectivity index (χ1n) is 9.16. The van der Waals surface area contributed by atoms with Crippen LogP contribution >= 0.6 is 0 Å². The zero-order valence-electron chi connectivity index (χ0n) is 15.1. The fourth-order valence-electron chi connectivity index (χ4n) is 3.39. The molecule has 2 aromatic rings. The third-order valence-corrected chi connectivity index (χ3v) is 5.00. The summed E-state index contributed by atoms with van der Waals surface area (Å²) in [5.41, 5.74) is 1.83. The van der Waals surface area contributed by atoms with E-state index in [4.69, 9.17) is 0 Å². The molecule has 27 heavy (non-hydrogen) atoms. The number of hydrogen-bond acceptors (Lipinski definition) is 4. The molecule has 1 aliphatic carbocycles. The van der Waals surface area contributed by atoms with Crippen molar-refractivity contribution in [2.24, 2.45) is 0 Å². The Hall–Kier alpha value is -2.83. The van der Waals surface area contributed by atoms with Crippen LogP contribution in [0.15, 0.2) is 30.5 Å². The number of aromatic nitrogens is 2. The zero-order valence-corrected chi connectivity index (χ0v) is 15.1. The summed E-state index contributed by atoms with van der Waals surface area (Å²) in [6.07, 6.45) is 4.03. The van der Waals surface area contributed by atoms with E-state index >= 15 is 0 Å². The van der Waals surface area contributed by atoms with Crippen LogP contribution in [-0.2, 0) is 11.3 Å². The predicted molar refractivity (Wildman–Crippen MR) is 96.4 cm³/mol. The highest BCUT2D eigenvalue weighted by Gasteiger charge is 2.32. The average molecular weight is 368 g/mol. The number of nitrogens with one attached hydrogen (secondary N) is 1. The van der Waals surface area contributed by atoms with Crippen LogP contribution in [0.2, 0.25) is 0 Å². The van der Waals surface area contributed by atoms with Gasteiger partial charge < -0.3 is 10.2 Å². The molecule has 0 bridgehead atoms. The van der Waals surface area contributed by atoms with Gasteiger partial charge in [-0.25, -0.2) is 14.4 Å². The van der Waals surface area contributed by atoms with Gasteiger partial charge in [-0.15, -0.1) is 0 Å². The third kappa shape index (κ3) is 3.97. The minimum atomic E-state index is -0.325. The van der Waals surface area contributed by atoms with Gasteiger partial charge in [-0.1, -0.05) is 12.1 Å². The van der Waals surface area contributed by atoms with Crippen LogP contribution in [0.4, 0.5) is 4.39 Å². The van der Waals surface area contributed by atoms with E-state index in [0.29, 0.717) is 30.3 Å². The molecule has 1 aromatic carbocycles. The fraction of sp³-hybridized carbons (Fsp3) is 0.400. The molecule has 7 heteroatoms. The van der Waals surface area contributed by atoms with Gasteiger partial charge in [0.15, 0.2) is 0 Å². The maximum atomic E-state index is 13.3. The molecule has 2 heterocycles. The summed E-state index contributed by atoms with van der Waals surface area (Å²) in [5.74, 6) is 0.599. The summed E-state index contributed by atoms with van der Waals surface area (Å²) in [4.78, 5) is 35.2. The molecular weight excluding hydrogens is 347 g/mol. The second-order valence-electron chi connectivity index (χ2n) is 7.28. The maximum absolute atomic E-state index is 13.3. The smallest absolute Gasteiger partial charge is 0.254 e. The Kier molecular flexibility index (Phi) is 4.59. The van der Waals surface area contributed by atoms with Crippen molar-refractivity contribution in [2.75, 3.05) is 6.54 Å². The second kappa shape index (κ2) is 7.06. The number of amides is 2. The highest BCUT2D eigenvalue weighted by atomic mass is 19.1. The van der Waals surface area contributed by atoms with E-state index in [9.17, 15) is 14.0 Å². The number of carbonyl (C=O) groups excluding carboxylic acids is 2. The SMILES string of the molecule is Cc1nc(C2CC2)ncc1C(=O)N[C@@H]1CC(=O)N(Cc2cccc(F)c2)C1. The molecule has 6 nitrogen and oxygen atoms in total. The Morgan fingerprint density at radius 1 is 1.37 bits per heavy atom. The summed E-state index contributed by atoms with van der Waals surface area (Å²) >= 11 is 0. The van der Waals surface area contributed by atoms with Crippen LogP contribution in [0.3, 0.4) is 0 Å². The maximum Gasteiger partial charge on any atom is 0.254 e. The van der Waals surface area contributed by atoms with Crippen LogP contribution < -0.4 is 5.32 Å². The van der Waals surface area contributed by atoms with E-state index in [0.717, 1.165) is 24.2 Å². The average Bonchev–Trinajstić information content (AvgIpc) is 3.41. The second-order valence-corrected chi connectivity index (χ2v) is 7.28. The molecule has 2 amide bonds. The largest absolute Gasteiger partial charge is 0.347 e. The van der Waals surface area contributed by atoms with E-state index in [1.54, 1.807) is 30.2 Å². The van der Waals surface area contributed by atoms with E-state index in [2.05, 4.69) is 15.3 Å². The number of halogens is 1. The van der Waals surface area contributed by atoms with E-state index in [1.807, 2.05) is 0 Å². The van der Waals surface area contributed by atoms with Gasteiger partial charge in [-0.05, 0) is 37.5 Å². The number of nitrogens with zero attached hydrogens (tertiary/aromatic N) is 3. The van der Waals surface area contributed by atoms with Gasteiger partial charge in [0.25, 0.3) is 5.91 Å². The summed E-state index contributed by atoms with van der Waals surface area (Å²) < 4.78 is 13.3. The minimum Gasteiger partial charge on any atom is -0.347 e. The van der Waals surface area contributed by atoms with Gasteiger partial charge in [0.1, 0.15) is 11.6 Å². The van der Waals surface area contributed by atoms with Crippen LogP contribution in [0, 0.1) is 12.7 Å². The van der Waals surface area contributed by atoms with Crippen molar-refractivity contribution in [3.63, 3.8) is 0 Å². The summed E-state index contributed by atoms with van der Waals surface area (Å²) in [6, 6.07) is 5.92. The standard InChI is InChI=1S/C20H21FN4O2/c1-12-17(9-22-19(23-12)14-5-6-14)20(27)24-16-8-18(26)25(11-16)10-13-3-2-4-15(21)7-13/h2-4,7,9,14,16H,5-6,8,10-11H2,1H3,(H,24,27)/t16-/m1/s1. The summed E-state index contributed by atoms with van der Waals surface area (Å²) in [5, 5.41) is 2.90. The molecule has 0 spiro atoms. The van der Waals surface area contributed by atoms with E-state index in [1.165, 1.54) is 12.1 Å². The van der Waals surface area contributed by atoms with Crippen molar-refractivity contribution in [3.05, 3.63) is 58.9 Å². The monoisotopic (exact) mass is 368 g/mol. The van der Waals surface area contributed by atoms with E-state index < -0.39 is 0 Å². The molecule has 0 unspecified atom stereocenters. The number of rotatable bonds is 5. The van der Waals surface area contributed by atoms with Gasteiger partial charge in [-0.3, -0.25) is 9.59 Å².